The minimum Gasteiger partial charge on any atom is -0.443 e. The number of sulfonamides is 1. The van der Waals surface area contributed by atoms with E-state index in [4.69, 9.17) is 19.0 Å². The quantitative estimate of drug-likeness (QED) is 0.248. The maximum atomic E-state index is 14.0. The van der Waals surface area contributed by atoms with Gasteiger partial charge in [-0.1, -0.05) is 53.7 Å². The number of benzene rings is 2. The van der Waals surface area contributed by atoms with Crippen LogP contribution in [-0.4, -0.2) is 107 Å². The van der Waals surface area contributed by atoms with E-state index in [0.717, 1.165) is 48.7 Å². The zero-order valence-corrected chi connectivity index (χ0v) is 26.9. The number of carbonyl (C=O) groups is 1. The second-order valence-electron chi connectivity index (χ2n) is 12.2. The number of hydrogen-bond acceptors (Lipinski definition) is 10. The lowest BCUT2D eigenvalue weighted by Gasteiger charge is -2.31. The van der Waals surface area contributed by atoms with Crippen LogP contribution in [0, 0.1) is 5.92 Å². The predicted molar refractivity (Wildman–Crippen MR) is 168 cm³/mol. The lowest BCUT2D eigenvalue weighted by atomic mass is 10.0. The Morgan fingerprint density at radius 1 is 1.07 bits per heavy atom. The van der Waals surface area contributed by atoms with Crippen LogP contribution in [-0.2, 0) is 35.5 Å². The van der Waals surface area contributed by atoms with E-state index in [1.165, 1.54) is 6.07 Å². The number of aliphatic hydroxyl groups excluding tert-OH is 1. The number of nitrogens with zero attached hydrogens (tertiary/aromatic N) is 2. The number of hydroxylamine groups is 1. The molecule has 1 aliphatic carbocycles. The first-order chi connectivity index (χ1) is 21.7. The van der Waals surface area contributed by atoms with Crippen molar-refractivity contribution >= 4 is 21.8 Å². The van der Waals surface area contributed by atoms with E-state index < -0.39 is 34.4 Å². The van der Waals surface area contributed by atoms with E-state index in [0.29, 0.717) is 18.8 Å². The average molecular weight is 647 g/mol. The molecule has 3 fully saturated rings. The maximum absolute atomic E-state index is 14.0. The number of aliphatic hydroxyl groups is 1. The number of anilines is 1. The van der Waals surface area contributed by atoms with Crippen LogP contribution < -0.4 is 10.6 Å². The van der Waals surface area contributed by atoms with Crippen molar-refractivity contribution in [3.8, 4) is 0 Å². The Bertz CT molecular complexity index is 1340. The Balaban J connectivity index is 1.33. The largest absolute Gasteiger partial charge is 0.443 e. The molecule has 2 aromatic carbocycles. The Morgan fingerprint density at radius 3 is 2.60 bits per heavy atom. The van der Waals surface area contributed by atoms with E-state index in [-0.39, 0.29) is 42.8 Å². The molecule has 0 radical (unpaired) electrons. The molecule has 2 aromatic rings. The van der Waals surface area contributed by atoms with Gasteiger partial charge in [0, 0.05) is 18.8 Å². The van der Waals surface area contributed by atoms with E-state index in [2.05, 4.69) is 10.6 Å². The van der Waals surface area contributed by atoms with Crippen molar-refractivity contribution in [2.75, 3.05) is 52.3 Å². The van der Waals surface area contributed by atoms with Crippen molar-refractivity contribution in [3.63, 3.8) is 0 Å². The molecule has 3 aliphatic rings. The number of nitrogens with one attached hydrogen (secondary N) is 2. The molecular weight excluding hydrogens is 600 g/mol. The topological polar surface area (TPSA) is 139 Å². The highest BCUT2D eigenvalue weighted by molar-refractivity contribution is 7.89. The summed E-state index contributed by atoms with van der Waals surface area (Å²) in [5.41, 5.74) is 1.52. The van der Waals surface area contributed by atoms with Gasteiger partial charge in [0.2, 0.25) is 0 Å². The SMILES string of the molecule is CN(C)CCNc1cccc(S(=O)(=O)N(C[C@H](O)[C@H](Cc2ccccc2)NC(=O)O[C@H]2CO[C@H]3OCC[C@H]32)OC2CCCC2)c1. The molecule has 5 rings (SSSR count). The lowest BCUT2D eigenvalue weighted by molar-refractivity contribution is -0.145. The van der Waals surface area contributed by atoms with Gasteiger partial charge in [0.1, 0.15) is 6.10 Å². The first-order valence-electron chi connectivity index (χ1n) is 15.8. The van der Waals surface area contributed by atoms with Crippen LogP contribution in [0.5, 0.6) is 0 Å². The second-order valence-corrected chi connectivity index (χ2v) is 14.1. The number of ether oxygens (including phenoxy) is 3. The number of hydrogen-bond donors (Lipinski definition) is 3. The minimum atomic E-state index is -4.18. The second kappa shape index (κ2) is 15.7. The van der Waals surface area contributed by atoms with Gasteiger partial charge in [0.25, 0.3) is 10.0 Å². The number of rotatable bonds is 15. The van der Waals surface area contributed by atoms with Crippen molar-refractivity contribution in [1.29, 1.82) is 0 Å². The highest BCUT2D eigenvalue weighted by atomic mass is 32.2. The Morgan fingerprint density at radius 2 is 1.84 bits per heavy atom. The van der Waals surface area contributed by atoms with E-state index in [9.17, 15) is 18.3 Å². The normalized spacial score (nSPS) is 23.3. The molecule has 1 saturated carbocycles. The van der Waals surface area contributed by atoms with Crippen LogP contribution >= 0.6 is 0 Å². The van der Waals surface area contributed by atoms with Crippen molar-refractivity contribution in [3.05, 3.63) is 60.2 Å². The standard InChI is InChI=1S/C32H46N4O8S/c1-35(2)17-16-33-24-11-8-14-26(20-24)45(39,40)36(44-25-12-6-7-13-25)21-29(37)28(19-23-9-4-3-5-10-23)34-32(38)43-30-22-42-31-27(30)15-18-41-31/h3-5,8-11,14,20,25,27-31,33,37H,6-7,12-13,15-19,21-22H2,1-2H3,(H,34,38)/t27-,28-,29-,30-,31+/m0/s1. The van der Waals surface area contributed by atoms with Crippen molar-refractivity contribution in [1.82, 2.24) is 14.7 Å². The lowest BCUT2D eigenvalue weighted by Crippen LogP contribution is -2.51. The number of likely N-dealkylation sites (N-methyl/N-ethyl adjacent to an activating group) is 1. The van der Waals surface area contributed by atoms with Gasteiger partial charge in [-0.15, -0.1) is 0 Å². The van der Waals surface area contributed by atoms with Crippen molar-refractivity contribution in [2.24, 2.45) is 5.92 Å². The van der Waals surface area contributed by atoms with Gasteiger partial charge in [-0.05, 0) is 63.5 Å². The minimum absolute atomic E-state index is 0.0400. The van der Waals surface area contributed by atoms with Gasteiger partial charge in [0.15, 0.2) is 6.29 Å². The van der Waals surface area contributed by atoms with E-state index in [1.54, 1.807) is 12.1 Å². The molecule has 5 atom stereocenters. The summed E-state index contributed by atoms with van der Waals surface area (Å²) in [7, 11) is -0.251. The third-order valence-corrected chi connectivity index (χ3v) is 10.1. The molecule has 0 unspecified atom stereocenters. The summed E-state index contributed by atoms with van der Waals surface area (Å²) in [5.74, 6) is -0.0400. The molecule has 45 heavy (non-hydrogen) atoms. The summed E-state index contributed by atoms with van der Waals surface area (Å²) >= 11 is 0. The van der Waals surface area contributed by atoms with Crippen LogP contribution in [0.25, 0.3) is 0 Å². The molecule has 3 N–H and O–H groups in total. The highest BCUT2D eigenvalue weighted by Gasteiger charge is 2.44. The number of alkyl carbamates (subject to hydrolysis) is 1. The smallest absolute Gasteiger partial charge is 0.407 e. The third-order valence-electron chi connectivity index (χ3n) is 8.50. The maximum Gasteiger partial charge on any atom is 0.407 e. The molecule has 248 valence electrons. The molecule has 0 spiro atoms. The van der Waals surface area contributed by atoms with Crippen LogP contribution in [0.3, 0.4) is 0 Å². The van der Waals surface area contributed by atoms with Gasteiger partial charge in [-0.3, -0.25) is 4.84 Å². The van der Waals surface area contributed by atoms with Gasteiger partial charge in [0.05, 0.1) is 48.8 Å². The molecule has 0 aromatic heterocycles. The van der Waals surface area contributed by atoms with Gasteiger partial charge < -0.3 is 34.9 Å². The van der Waals surface area contributed by atoms with Crippen molar-refractivity contribution < 1.29 is 37.4 Å². The summed E-state index contributed by atoms with van der Waals surface area (Å²) in [6.45, 7) is 1.81. The third kappa shape index (κ3) is 9.16. The molecule has 2 aliphatic heterocycles. The fourth-order valence-corrected chi connectivity index (χ4v) is 7.31. The molecule has 12 nitrogen and oxygen atoms in total. The fourth-order valence-electron chi connectivity index (χ4n) is 5.97. The Labute approximate surface area is 266 Å². The summed E-state index contributed by atoms with van der Waals surface area (Å²) in [6, 6.07) is 15.1. The number of amides is 1. The van der Waals surface area contributed by atoms with Crippen LogP contribution in [0.15, 0.2) is 59.5 Å². The zero-order chi connectivity index (χ0) is 31.8. The monoisotopic (exact) mass is 646 g/mol. The van der Waals surface area contributed by atoms with Gasteiger partial charge in [-0.2, -0.15) is 0 Å². The van der Waals surface area contributed by atoms with Crippen molar-refractivity contribution in [2.45, 2.75) is 74.1 Å². The molecule has 1 amide bonds. The molecular formula is C32H46N4O8S. The highest BCUT2D eigenvalue weighted by Crippen LogP contribution is 2.33. The average Bonchev–Trinajstić information content (AvgIpc) is 3.78. The number of fused-ring (bicyclic) bond motifs is 1. The summed E-state index contributed by atoms with van der Waals surface area (Å²) in [6.07, 6.45) is 1.15. The number of carbonyl (C=O) groups excluding carboxylic acids is 1. The van der Waals surface area contributed by atoms with Gasteiger partial charge in [-0.25, -0.2) is 13.2 Å². The van der Waals surface area contributed by atoms with Crippen LogP contribution in [0.2, 0.25) is 0 Å². The predicted octanol–water partition coefficient (Wildman–Crippen LogP) is 2.98. The van der Waals surface area contributed by atoms with Crippen LogP contribution in [0.4, 0.5) is 10.5 Å². The summed E-state index contributed by atoms with van der Waals surface area (Å²) in [4.78, 5) is 21.3. The Kier molecular flexibility index (Phi) is 11.7. The molecule has 2 heterocycles. The first-order valence-corrected chi connectivity index (χ1v) is 17.2. The molecule has 2 saturated heterocycles. The van der Waals surface area contributed by atoms with Crippen LogP contribution in [0.1, 0.15) is 37.7 Å². The summed E-state index contributed by atoms with van der Waals surface area (Å²) < 4.78 is 45.8. The Hall–Kier alpha value is -2.78. The van der Waals surface area contributed by atoms with Gasteiger partial charge >= 0.3 is 6.09 Å². The van der Waals surface area contributed by atoms with E-state index in [1.807, 2.05) is 55.4 Å². The molecule has 13 heteroatoms. The first kappa shape index (κ1) is 33.6. The zero-order valence-electron chi connectivity index (χ0n) is 26.0. The fraction of sp³-hybridized carbons (Fsp3) is 0.594. The summed E-state index contributed by atoms with van der Waals surface area (Å²) in [5, 5.41) is 17.7. The molecule has 0 bridgehead atoms. The van der Waals surface area contributed by atoms with E-state index >= 15 is 0 Å².